The van der Waals surface area contributed by atoms with Crippen molar-refractivity contribution in [3.8, 4) is 0 Å². The van der Waals surface area contributed by atoms with Crippen LogP contribution in [0.2, 0.25) is 0 Å². The van der Waals surface area contributed by atoms with Gasteiger partial charge in [0.05, 0.1) is 0 Å². The lowest BCUT2D eigenvalue weighted by Gasteiger charge is -2.05. The van der Waals surface area contributed by atoms with E-state index in [-0.39, 0.29) is 11.7 Å². The Morgan fingerprint density at radius 1 is 1.10 bits per heavy atom. The number of hydrogen-bond donors (Lipinski definition) is 1. The predicted octanol–water partition coefficient (Wildman–Crippen LogP) is 4.71. The van der Waals surface area contributed by atoms with Crippen molar-refractivity contribution in [1.29, 1.82) is 0 Å². The molecule has 0 radical (unpaired) electrons. The lowest BCUT2D eigenvalue weighted by atomic mass is 10.3. The highest BCUT2D eigenvalue weighted by Crippen LogP contribution is 2.19. The van der Waals surface area contributed by atoms with Crippen LogP contribution in [-0.2, 0) is 4.79 Å². The Balaban J connectivity index is 1.75. The largest absolute Gasteiger partial charge is 0.326 e. The molecule has 0 aliphatic heterocycles. The van der Waals surface area contributed by atoms with Crippen LogP contribution in [0, 0.1) is 5.82 Å². The summed E-state index contributed by atoms with van der Waals surface area (Å²) in [6, 6.07) is 13.7. The molecular formula is C15H13BrFNOS. The van der Waals surface area contributed by atoms with E-state index < -0.39 is 0 Å². The average Bonchev–Trinajstić information content (AvgIpc) is 2.44. The van der Waals surface area contributed by atoms with E-state index in [2.05, 4.69) is 21.2 Å². The molecule has 104 valence electrons. The van der Waals surface area contributed by atoms with E-state index in [0.29, 0.717) is 12.2 Å². The minimum Gasteiger partial charge on any atom is -0.326 e. The summed E-state index contributed by atoms with van der Waals surface area (Å²) in [5.41, 5.74) is 0.782. The first-order chi connectivity index (χ1) is 9.63. The second-order valence-corrected chi connectivity index (χ2v) is 6.19. The zero-order valence-electron chi connectivity index (χ0n) is 10.6. The van der Waals surface area contributed by atoms with E-state index in [4.69, 9.17) is 0 Å². The molecule has 0 aliphatic carbocycles. The van der Waals surface area contributed by atoms with Crippen LogP contribution in [-0.4, -0.2) is 11.7 Å². The highest BCUT2D eigenvalue weighted by atomic mass is 79.9. The van der Waals surface area contributed by atoms with Gasteiger partial charge in [-0.2, -0.15) is 0 Å². The summed E-state index contributed by atoms with van der Waals surface area (Å²) in [7, 11) is 0. The molecule has 2 aromatic carbocycles. The predicted molar refractivity (Wildman–Crippen MR) is 84.5 cm³/mol. The molecule has 2 rings (SSSR count). The van der Waals surface area contributed by atoms with Gasteiger partial charge in [0.15, 0.2) is 0 Å². The molecule has 2 nitrogen and oxygen atoms in total. The summed E-state index contributed by atoms with van der Waals surface area (Å²) in [4.78, 5) is 12.7. The van der Waals surface area contributed by atoms with Gasteiger partial charge in [-0.25, -0.2) is 4.39 Å². The third-order valence-corrected chi connectivity index (χ3v) is 4.08. The lowest BCUT2D eigenvalue weighted by molar-refractivity contribution is -0.115. The fraction of sp³-hybridized carbons (Fsp3) is 0.133. The van der Waals surface area contributed by atoms with E-state index in [1.165, 1.54) is 23.9 Å². The third-order valence-electron chi connectivity index (χ3n) is 2.54. The maximum Gasteiger partial charge on any atom is 0.225 e. The third kappa shape index (κ3) is 4.98. The van der Waals surface area contributed by atoms with Gasteiger partial charge in [-0.05, 0) is 48.5 Å². The SMILES string of the molecule is O=C(CCSc1ccc(F)cc1)Nc1ccc(Br)cc1. The number of carbonyl (C=O) groups excluding carboxylic acids is 1. The van der Waals surface area contributed by atoms with E-state index in [1.807, 2.05) is 24.3 Å². The Hall–Kier alpha value is -1.33. The maximum atomic E-state index is 12.7. The highest BCUT2D eigenvalue weighted by molar-refractivity contribution is 9.10. The van der Waals surface area contributed by atoms with Gasteiger partial charge >= 0.3 is 0 Å². The molecule has 0 aromatic heterocycles. The smallest absolute Gasteiger partial charge is 0.225 e. The Kier molecular flexibility index (Phi) is 5.61. The number of halogens is 2. The second-order valence-electron chi connectivity index (χ2n) is 4.11. The van der Waals surface area contributed by atoms with Crippen molar-refractivity contribution in [2.45, 2.75) is 11.3 Å². The van der Waals surface area contributed by atoms with E-state index in [0.717, 1.165) is 15.1 Å². The van der Waals surface area contributed by atoms with Gasteiger partial charge in [-0.3, -0.25) is 4.79 Å². The van der Waals surface area contributed by atoms with Crippen molar-refractivity contribution >= 4 is 39.3 Å². The average molecular weight is 354 g/mol. The lowest BCUT2D eigenvalue weighted by Crippen LogP contribution is -2.11. The zero-order valence-corrected chi connectivity index (χ0v) is 13.0. The number of carbonyl (C=O) groups is 1. The van der Waals surface area contributed by atoms with Crippen LogP contribution >= 0.6 is 27.7 Å². The van der Waals surface area contributed by atoms with Gasteiger partial charge in [0.1, 0.15) is 5.82 Å². The number of nitrogens with one attached hydrogen (secondary N) is 1. The summed E-state index contributed by atoms with van der Waals surface area (Å²) in [5.74, 6) is 0.387. The molecule has 1 N–H and O–H groups in total. The molecule has 1 amide bonds. The minimum atomic E-state index is -0.248. The molecule has 20 heavy (non-hydrogen) atoms. The van der Waals surface area contributed by atoms with Crippen molar-refractivity contribution in [3.63, 3.8) is 0 Å². The van der Waals surface area contributed by atoms with E-state index in [9.17, 15) is 9.18 Å². The summed E-state index contributed by atoms with van der Waals surface area (Å²) >= 11 is 4.88. The summed E-state index contributed by atoms with van der Waals surface area (Å²) in [5, 5.41) is 2.83. The number of rotatable bonds is 5. The van der Waals surface area contributed by atoms with E-state index in [1.54, 1.807) is 12.1 Å². The Labute approximate surface area is 129 Å². The molecule has 0 atom stereocenters. The van der Waals surface area contributed by atoms with Crippen LogP contribution in [0.15, 0.2) is 57.9 Å². The monoisotopic (exact) mass is 353 g/mol. The fourth-order valence-electron chi connectivity index (χ4n) is 1.55. The molecule has 0 saturated heterocycles. The molecule has 2 aromatic rings. The van der Waals surface area contributed by atoms with Gasteiger partial charge in [0, 0.05) is 27.2 Å². The molecule has 0 bridgehead atoms. The van der Waals surface area contributed by atoms with E-state index >= 15 is 0 Å². The van der Waals surface area contributed by atoms with Crippen LogP contribution in [0.4, 0.5) is 10.1 Å². The Morgan fingerprint density at radius 3 is 2.40 bits per heavy atom. The maximum absolute atomic E-state index is 12.7. The van der Waals surface area contributed by atoms with Crippen molar-refractivity contribution in [3.05, 3.63) is 58.8 Å². The van der Waals surface area contributed by atoms with Crippen LogP contribution in [0.25, 0.3) is 0 Å². The number of thioether (sulfide) groups is 1. The molecule has 0 fully saturated rings. The minimum absolute atomic E-state index is 0.0260. The summed E-state index contributed by atoms with van der Waals surface area (Å²) < 4.78 is 13.7. The van der Waals surface area contributed by atoms with Crippen LogP contribution in [0.5, 0.6) is 0 Å². The first kappa shape index (κ1) is 15.1. The zero-order chi connectivity index (χ0) is 14.4. The Morgan fingerprint density at radius 2 is 1.75 bits per heavy atom. The number of amides is 1. The summed E-state index contributed by atoms with van der Waals surface area (Å²) in [6.07, 6.45) is 0.415. The molecular weight excluding hydrogens is 341 g/mol. The molecule has 0 unspecified atom stereocenters. The molecule has 0 aliphatic rings. The van der Waals surface area contributed by atoms with Gasteiger partial charge in [0.25, 0.3) is 0 Å². The fourth-order valence-corrected chi connectivity index (χ4v) is 2.67. The van der Waals surface area contributed by atoms with Crippen LogP contribution in [0.1, 0.15) is 6.42 Å². The van der Waals surface area contributed by atoms with Crippen molar-refractivity contribution in [2.24, 2.45) is 0 Å². The first-order valence-corrected chi connectivity index (χ1v) is 7.85. The van der Waals surface area contributed by atoms with Gasteiger partial charge in [-0.15, -0.1) is 11.8 Å². The second kappa shape index (κ2) is 7.45. The van der Waals surface area contributed by atoms with Crippen LogP contribution in [0.3, 0.4) is 0 Å². The van der Waals surface area contributed by atoms with Crippen LogP contribution < -0.4 is 5.32 Å². The first-order valence-electron chi connectivity index (χ1n) is 6.07. The highest BCUT2D eigenvalue weighted by Gasteiger charge is 2.03. The molecule has 0 saturated carbocycles. The van der Waals surface area contributed by atoms with Gasteiger partial charge < -0.3 is 5.32 Å². The summed E-state index contributed by atoms with van der Waals surface area (Å²) in [6.45, 7) is 0. The topological polar surface area (TPSA) is 29.1 Å². The molecule has 0 heterocycles. The van der Waals surface area contributed by atoms with Crippen molar-refractivity contribution in [1.82, 2.24) is 0 Å². The molecule has 0 spiro atoms. The van der Waals surface area contributed by atoms with Gasteiger partial charge in [0.2, 0.25) is 5.91 Å². The number of hydrogen-bond acceptors (Lipinski definition) is 2. The number of benzene rings is 2. The standard InChI is InChI=1S/C15H13BrFNOS/c16-11-1-5-13(6-2-11)18-15(19)9-10-20-14-7-3-12(17)4-8-14/h1-8H,9-10H2,(H,18,19). The van der Waals surface area contributed by atoms with Crippen molar-refractivity contribution < 1.29 is 9.18 Å². The van der Waals surface area contributed by atoms with Crippen molar-refractivity contribution in [2.75, 3.05) is 11.1 Å². The normalized spacial score (nSPS) is 10.3. The quantitative estimate of drug-likeness (QED) is 0.788. The number of anilines is 1. The Bertz CT molecular complexity index is 571. The van der Waals surface area contributed by atoms with Gasteiger partial charge in [-0.1, -0.05) is 15.9 Å². The molecule has 5 heteroatoms.